The number of nitrogens with zero attached hydrogens (tertiary/aromatic N) is 2. The summed E-state index contributed by atoms with van der Waals surface area (Å²) in [4.78, 5) is 3.85. The number of pyridine rings is 1. The standard InChI is InChI=1S/C14H15ClN2O2S/c1-3-17(12-7-4-6-11(2)10-12)20(18,19)13-8-5-9-16-14(13)15/h4-10H,3H2,1-2H3. The molecule has 106 valence electrons. The summed E-state index contributed by atoms with van der Waals surface area (Å²) >= 11 is 5.91. The second-order valence-corrected chi connectivity index (χ2v) is 6.49. The molecule has 0 aliphatic heterocycles. The van der Waals surface area contributed by atoms with E-state index in [1.54, 1.807) is 19.1 Å². The molecule has 0 amide bonds. The molecule has 2 rings (SSSR count). The fraction of sp³-hybridized carbons (Fsp3) is 0.214. The lowest BCUT2D eigenvalue weighted by molar-refractivity contribution is 0.591. The number of hydrogen-bond acceptors (Lipinski definition) is 3. The summed E-state index contributed by atoms with van der Waals surface area (Å²) in [5.41, 5.74) is 1.61. The van der Waals surface area contributed by atoms with Crippen LogP contribution in [0.1, 0.15) is 12.5 Å². The quantitative estimate of drug-likeness (QED) is 0.814. The van der Waals surface area contributed by atoms with Crippen LogP contribution in [-0.2, 0) is 10.0 Å². The molecule has 0 bridgehead atoms. The van der Waals surface area contributed by atoms with Gasteiger partial charge in [-0.3, -0.25) is 4.31 Å². The number of anilines is 1. The molecule has 0 saturated heterocycles. The molecule has 0 spiro atoms. The van der Waals surface area contributed by atoms with Gasteiger partial charge in [0.05, 0.1) is 5.69 Å². The van der Waals surface area contributed by atoms with Crippen molar-refractivity contribution in [1.82, 2.24) is 4.98 Å². The zero-order valence-corrected chi connectivity index (χ0v) is 12.8. The maximum Gasteiger partial charge on any atom is 0.267 e. The lowest BCUT2D eigenvalue weighted by Crippen LogP contribution is -2.31. The second kappa shape index (κ2) is 5.81. The average molecular weight is 311 g/mol. The summed E-state index contributed by atoms with van der Waals surface area (Å²) in [5, 5.41) is -0.0152. The van der Waals surface area contributed by atoms with Crippen molar-refractivity contribution in [2.75, 3.05) is 10.8 Å². The number of aryl methyl sites for hydroxylation is 1. The Labute approximate surface area is 124 Å². The summed E-state index contributed by atoms with van der Waals surface area (Å²) in [5.74, 6) is 0. The van der Waals surface area contributed by atoms with E-state index in [1.165, 1.54) is 16.6 Å². The van der Waals surface area contributed by atoms with Crippen molar-refractivity contribution in [3.63, 3.8) is 0 Å². The monoisotopic (exact) mass is 310 g/mol. The first-order valence-corrected chi connectivity index (χ1v) is 7.98. The minimum Gasteiger partial charge on any atom is -0.267 e. The van der Waals surface area contributed by atoms with Crippen LogP contribution in [0.25, 0.3) is 0 Å². The van der Waals surface area contributed by atoms with Crippen LogP contribution in [0.3, 0.4) is 0 Å². The summed E-state index contributed by atoms with van der Waals surface area (Å²) in [7, 11) is -3.71. The van der Waals surface area contributed by atoms with Crippen molar-refractivity contribution < 1.29 is 8.42 Å². The average Bonchev–Trinajstić information content (AvgIpc) is 2.39. The van der Waals surface area contributed by atoms with E-state index >= 15 is 0 Å². The predicted molar refractivity (Wildman–Crippen MR) is 80.6 cm³/mol. The maximum atomic E-state index is 12.7. The van der Waals surface area contributed by atoms with Crippen LogP contribution in [0.2, 0.25) is 5.15 Å². The highest BCUT2D eigenvalue weighted by Gasteiger charge is 2.26. The highest BCUT2D eigenvalue weighted by molar-refractivity contribution is 7.93. The zero-order chi connectivity index (χ0) is 14.8. The van der Waals surface area contributed by atoms with Crippen LogP contribution in [0.4, 0.5) is 5.69 Å². The van der Waals surface area contributed by atoms with Gasteiger partial charge in [0.1, 0.15) is 10.0 Å². The summed E-state index contributed by atoms with van der Waals surface area (Å²) in [6.45, 7) is 4.02. The van der Waals surface area contributed by atoms with Crippen LogP contribution < -0.4 is 4.31 Å². The summed E-state index contributed by atoms with van der Waals surface area (Å²) < 4.78 is 26.7. The molecular formula is C14H15ClN2O2S. The second-order valence-electron chi connectivity index (χ2n) is 4.30. The number of hydrogen-bond donors (Lipinski definition) is 0. The highest BCUT2D eigenvalue weighted by Crippen LogP contribution is 2.27. The number of rotatable bonds is 4. The van der Waals surface area contributed by atoms with E-state index in [9.17, 15) is 8.42 Å². The van der Waals surface area contributed by atoms with Gasteiger partial charge in [-0.15, -0.1) is 0 Å². The Balaban J connectivity index is 2.54. The van der Waals surface area contributed by atoms with Crippen molar-refractivity contribution >= 4 is 27.3 Å². The normalized spacial score (nSPS) is 11.3. The third-order valence-corrected chi connectivity index (χ3v) is 5.22. The fourth-order valence-corrected chi connectivity index (χ4v) is 3.85. The van der Waals surface area contributed by atoms with Crippen molar-refractivity contribution in [1.29, 1.82) is 0 Å². The van der Waals surface area contributed by atoms with Crippen molar-refractivity contribution in [2.24, 2.45) is 0 Å². The third kappa shape index (κ3) is 2.78. The SMILES string of the molecule is CCN(c1cccc(C)c1)S(=O)(=O)c1cccnc1Cl. The van der Waals surface area contributed by atoms with Crippen molar-refractivity contribution in [2.45, 2.75) is 18.7 Å². The molecule has 0 saturated carbocycles. The van der Waals surface area contributed by atoms with Gasteiger partial charge in [-0.2, -0.15) is 0 Å². The minimum absolute atomic E-state index is 0.0152. The molecule has 1 aromatic carbocycles. The Morgan fingerprint density at radius 3 is 2.60 bits per heavy atom. The fourth-order valence-electron chi connectivity index (χ4n) is 1.96. The Bertz CT molecular complexity index is 717. The van der Waals surface area contributed by atoms with Gasteiger partial charge in [-0.05, 0) is 43.7 Å². The van der Waals surface area contributed by atoms with Gasteiger partial charge in [-0.1, -0.05) is 23.7 Å². The number of aromatic nitrogens is 1. The van der Waals surface area contributed by atoms with Crippen LogP contribution in [-0.4, -0.2) is 19.9 Å². The highest BCUT2D eigenvalue weighted by atomic mass is 35.5. The number of halogens is 1. The predicted octanol–water partition coefficient (Wildman–Crippen LogP) is 3.26. The smallest absolute Gasteiger partial charge is 0.267 e. The maximum absolute atomic E-state index is 12.7. The van der Waals surface area contributed by atoms with E-state index in [-0.39, 0.29) is 10.0 Å². The molecule has 1 heterocycles. The largest absolute Gasteiger partial charge is 0.267 e. The van der Waals surface area contributed by atoms with Gasteiger partial charge in [0.2, 0.25) is 0 Å². The molecule has 0 aliphatic rings. The number of benzene rings is 1. The third-order valence-electron chi connectivity index (χ3n) is 2.87. The van der Waals surface area contributed by atoms with Crippen LogP contribution in [0, 0.1) is 6.92 Å². The van der Waals surface area contributed by atoms with Crippen molar-refractivity contribution in [3.8, 4) is 0 Å². The molecule has 20 heavy (non-hydrogen) atoms. The molecule has 0 aliphatic carbocycles. The van der Waals surface area contributed by atoms with E-state index in [4.69, 9.17) is 11.6 Å². The molecule has 0 fully saturated rings. The molecule has 4 nitrogen and oxygen atoms in total. The molecular weight excluding hydrogens is 296 g/mol. The topological polar surface area (TPSA) is 50.3 Å². The Kier molecular flexibility index (Phi) is 4.30. The molecule has 0 atom stereocenters. The van der Waals surface area contributed by atoms with E-state index in [2.05, 4.69) is 4.98 Å². The lowest BCUT2D eigenvalue weighted by Gasteiger charge is -2.23. The van der Waals surface area contributed by atoms with Crippen molar-refractivity contribution in [3.05, 3.63) is 53.3 Å². The van der Waals surface area contributed by atoms with Gasteiger partial charge in [-0.25, -0.2) is 13.4 Å². The van der Waals surface area contributed by atoms with Gasteiger partial charge in [0, 0.05) is 12.7 Å². The number of sulfonamides is 1. The van der Waals surface area contributed by atoms with Gasteiger partial charge in [0.25, 0.3) is 10.0 Å². The van der Waals surface area contributed by atoms with Crippen LogP contribution in [0.15, 0.2) is 47.5 Å². The minimum atomic E-state index is -3.71. The summed E-state index contributed by atoms with van der Waals surface area (Å²) in [6.07, 6.45) is 1.46. The van der Waals surface area contributed by atoms with Crippen LogP contribution >= 0.6 is 11.6 Å². The first-order valence-electron chi connectivity index (χ1n) is 6.16. The Morgan fingerprint density at radius 1 is 1.25 bits per heavy atom. The molecule has 0 unspecified atom stereocenters. The van der Waals surface area contributed by atoms with Gasteiger partial charge < -0.3 is 0 Å². The first-order chi connectivity index (χ1) is 9.46. The lowest BCUT2D eigenvalue weighted by atomic mass is 10.2. The van der Waals surface area contributed by atoms with E-state index in [0.717, 1.165) is 5.56 Å². The van der Waals surface area contributed by atoms with Gasteiger partial charge in [0.15, 0.2) is 0 Å². The van der Waals surface area contributed by atoms with E-state index in [1.807, 2.05) is 25.1 Å². The van der Waals surface area contributed by atoms with Crippen LogP contribution in [0.5, 0.6) is 0 Å². The van der Waals surface area contributed by atoms with Gasteiger partial charge >= 0.3 is 0 Å². The molecule has 0 N–H and O–H groups in total. The zero-order valence-electron chi connectivity index (χ0n) is 11.2. The molecule has 0 radical (unpaired) electrons. The first kappa shape index (κ1) is 14.8. The Hall–Kier alpha value is -1.59. The summed E-state index contributed by atoms with van der Waals surface area (Å²) in [6, 6.07) is 10.4. The molecule has 2 aromatic rings. The van der Waals surface area contributed by atoms with E-state index in [0.29, 0.717) is 12.2 Å². The Morgan fingerprint density at radius 2 is 2.00 bits per heavy atom. The molecule has 6 heteroatoms. The molecule has 1 aromatic heterocycles. The van der Waals surface area contributed by atoms with E-state index < -0.39 is 10.0 Å².